The van der Waals surface area contributed by atoms with Crippen molar-refractivity contribution in [2.24, 2.45) is 0 Å². The number of rotatable bonds is 3. The second kappa shape index (κ2) is 5.85. The number of aromatic carboxylic acids is 1. The summed E-state index contributed by atoms with van der Waals surface area (Å²) in [5, 5.41) is 11.9. The Hall–Kier alpha value is -2.53. The summed E-state index contributed by atoms with van der Waals surface area (Å²) in [6.07, 6.45) is 0. The normalized spacial score (nSPS) is 10.2. The Morgan fingerprint density at radius 2 is 1.95 bits per heavy atom. The Bertz CT molecular complexity index is 729. The average Bonchev–Trinajstić information content (AvgIpc) is 2.43. The lowest BCUT2D eigenvalue weighted by Crippen LogP contribution is -2.14. The van der Waals surface area contributed by atoms with E-state index in [0.29, 0.717) is 16.3 Å². The molecule has 108 valence electrons. The monoisotopic (exact) mass is 304 g/mol. The number of carboxylic acid groups (broad SMARTS) is 1. The fraction of sp³-hybridized carbons (Fsp3) is 0.0667. The number of nitrogens with two attached hydrogens (primary N) is 1. The minimum atomic E-state index is -1.08. The lowest BCUT2D eigenvalue weighted by Gasteiger charge is -2.10. The van der Waals surface area contributed by atoms with Gasteiger partial charge in [-0.1, -0.05) is 23.7 Å². The van der Waals surface area contributed by atoms with Gasteiger partial charge in [-0.15, -0.1) is 0 Å². The molecule has 0 saturated carbocycles. The van der Waals surface area contributed by atoms with Crippen LogP contribution in [0, 0.1) is 6.92 Å². The van der Waals surface area contributed by atoms with E-state index in [1.54, 1.807) is 25.1 Å². The maximum absolute atomic E-state index is 12.2. The number of amides is 1. The van der Waals surface area contributed by atoms with Gasteiger partial charge in [-0.25, -0.2) is 4.79 Å². The predicted octanol–water partition coefficient (Wildman–Crippen LogP) is 3.18. The van der Waals surface area contributed by atoms with Crippen LogP contribution in [0.4, 0.5) is 11.4 Å². The quantitative estimate of drug-likeness (QED) is 0.759. The summed E-state index contributed by atoms with van der Waals surface area (Å²) in [6, 6.07) is 9.23. The summed E-state index contributed by atoms with van der Waals surface area (Å²) in [5.74, 6) is -1.49. The van der Waals surface area contributed by atoms with Crippen molar-refractivity contribution in [3.05, 3.63) is 58.1 Å². The number of nitrogen functional groups attached to an aromatic ring is 1. The number of hydrogen-bond acceptors (Lipinski definition) is 3. The topological polar surface area (TPSA) is 92.4 Å². The number of nitrogens with one attached hydrogen (secondary N) is 1. The molecule has 0 spiro atoms. The molecule has 0 bridgehead atoms. The van der Waals surface area contributed by atoms with Gasteiger partial charge in [0, 0.05) is 0 Å². The van der Waals surface area contributed by atoms with Crippen molar-refractivity contribution in [1.29, 1.82) is 0 Å². The van der Waals surface area contributed by atoms with Crippen LogP contribution in [0.5, 0.6) is 0 Å². The Balaban J connectivity index is 2.28. The summed E-state index contributed by atoms with van der Waals surface area (Å²) in [6.45, 7) is 1.80. The van der Waals surface area contributed by atoms with Crippen LogP contribution in [-0.4, -0.2) is 17.0 Å². The molecule has 0 saturated heterocycles. The largest absolute Gasteiger partial charge is 0.478 e. The lowest BCUT2D eigenvalue weighted by molar-refractivity contribution is 0.0697. The van der Waals surface area contributed by atoms with Gasteiger partial charge in [-0.2, -0.15) is 0 Å². The molecule has 0 unspecified atom stereocenters. The molecule has 0 fully saturated rings. The third kappa shape index (κ3) is 3.14. The zero-order chi connectivity index (χ0) is 15.6. The van der Waals surface area contributed by atoms with Gasteiger partial charge in [-0.3, -0.25) is 4.79 Å². The van der Waals surface area contributed by atoms with Crippen LogP contribution in [0.25, 0.3) is 0 Å². The zero-order valence-corrected chi connectivity index (χ0v) is 11.9. The second-order valence-corrected chi connectivity index (χ2v) is 4.88. The van der Waals surface area contributed by atoms with Crippen LogP contribution < -0.4 is 11.1 Å². The summed E-state index contributed by atoms with van der Waals surface area (Å²) in [5.41, 5.74) is 7.43. The van der Waals surface area contributed by atoms with Gasteiger partial charge in [0.05, 0.1) is 27.5 Å². The first-order chi connectivity index (χ1) is 9.90. The van der Waals surface area contributed by atoms with Crippen molar-refractivity contribution in [3.63, 3.8) is 0 Å². The number of hydrogen-bond donors (Lipinski definition) is 3. The maximum atomic E-state index is 12.2. The van der Waals surface area contributed by atoms with Gasteiger partial charge in [0.25, 0.3) is 5.91 Å². The number of carboxylic acids is 1. The van der Waals surface area contributed by atoms with Crippen LogP contribution in [-0.2, 0) is 0 Å². The zero-order valence-electron chi connectivity index (χ0n) is 11.2. The fourth-order valence-electron chi connectivity index (χ4n) is 1.82. The molecule has 2 aromatic carbocycles. The van der Waals surface area contributed by atoms with E-state index in [4.69, 9.17) is 22.4 Å². The third-order valence-electron chi connectivity index (χ3n) is 2.98. The highest BCUT2D eigenvalue weighted by atomic mass is 35.5. The minimum Gasteiger partial charge on any atom is -0.478 e. The van der Waals surface area contributed by atoms with Crippen molar-refractivity contribution in [3.8, 4) is 0 Å². The van der Waals surface area contributed by atoms with Gasteiger partial charge >= 0.3 is 5.97 Å². The third-order valence-corrected chi connectivity index (χ3v) is 3.48. The predicted molar refractivity (Wildman–Crippen MR) is 82.0 cm³/mol. The van der Waals surface area contributed by atoms with Crippen LogP contribution in [0.3, 0.4) is 0 Å². The Morgan fingerprint density at radius 3 is 2.57 bits per heavy atom. The molecule has 0 aliphatic carbocycles. The molecular formula is C15H13ClN2O3. The van der Waals surface area contributed by atoms with Gasteiger partial charge in [0.2, 0.25) is 0 Å². The highest BCUT2D eigenvalue weighted by Crippen LogP contribution is 2.24. The number of benzene rings is 2. The van der Waals surface area contributed by atoms with E-state index in [1.165, 1.54) is 18.2 Å². The molecule has 4 N–H and O–H groups in total. The molecule has 0 atom stereocenters. The lowest BCUT2D eigenvalue weighted by atomic mass is 10.1. The van der Waals surface area contributed by atoms with Crippen molar-refractivity contribution >= 4 is 34.9 Å². The molecular weight excluding hydrogens is 292 g/mol. The first kappa shape index (κ1) is 14.9. The number of aryl methyl sites for hydroxylation is 1. The molecule has 2 aromatic rings. The molecule has 0 radical (unpaired) electrons. The van der Waals surface area contributed by atoms with Crippen molar-refractivity contribution < 1.29 is 14.7 Å². The molecule has 1 amide bonds. The molecule has 6 heteroatoms. The van der Waals surface area contributed by atoms with E-state index >= 15 is 0 Å². The van der Waals surface area contributed by atoms with Crippen molar-refractivity contribution in [2.45, 2.75) is 6.92 Å². The van der Waals surface area contributed by atoms with E-state index in [1.807, 2.05) is 0 Å². The van der Waals surface area contributed by atoms with Crippen LogP contribution in [0.2, 0.25) is 5.02 Å². The number of carbonyl (C=O) groups excluding carboxylic acids is 1. The Kier molecular flexibility index (Phi) is 4.14. The average molecular weight is 305 g/mol. The summed E-state index contributed by atoms with van der Waals surface area (Å²) < 4.78 is 0. The Labute approximate surface area is 126 Å². The molecule has 5 nitrogen and oxygen atoms in total. The van der Waals surface area contributed by atoms with Gasteiger partial charge in [0.1, 0.15) is 0 Å². The first-order valence-electron chi connectivity index (χ1n) is 6.09. The summed E-state index contributed by atoms with van der Waals surface area (Å²) in [7, 11) is 0. The minimum absolute atomic E-state index is 0.0547. The second-order valence-electron chi connectivity index (χ2n) is 4.50. The number of halogens is 1. The number of carbonyl (C=O) groups is 2. The van der Waals surface area contributed by atoms with E-state index in [2.05, 4.69) is 5.32 Å². The Morgan fingerprint density at radius 1 is 1.24 bits per heavy atom. The van der Waals surface area contributed by atoms with Gasteiger partial charge < -0.3 is 16.2 Å². The first-order valence-corrected chi connectivity index (χ1v) is 6.47. The highest BCUT2D eigenvalue weighted by molar-refractivity contribution is 6.35. The van der Waals surface area contributed by atoms with Crippen LogP contribution in [0.15, 0.2) is 36.4 Å². The maximum Gasteiger partial charge on any atom is 0.335 e. The SMILES string of the molecule is Cc1cccc(C(=O)Nc2ccc(C(=O)O)cc2N)c1Cl. The molecule has 2 rings (SSSR count). The van der Waals surface area contributed by atoms with Crippen molar-refractivity contribution in [2.75, 3.05) is 11.1 Å². The summed E-state index contributed by atoms with van der Waals surface area (Å²) >= 11 is 6.09. The number of anilines is 2. The van der Waals surface area contributed by atoms with Crippen LogP contribution >= 0.6 is 11.6 Å². The van der Waals surface area contributed by atoms with E-state index in [0.717, 1.165) is 5.56 Å². The molecule has 21 heavy (non-hydrogen) atoms. The highest BCUT2D eigenvalue weighted by Gasteiger charge is 2.14. The molecule has 0 aliphatic rings. The van der Waals surface area contributed by atoms with Crippen LogP contribution in [0.1, 0.15) is 26.3 Å². The van der Waals surface area contributed by atoms with Crippen molar-refractivity contribution in [1.82, 2.24) is 0 Å². The van der Waals surface area contributed by atoms with E-state index in [-0.39, 0.29) is 11.3 Å². The molecule has 0 aliphatic heterocycles. The molecule has 0 heterocycles. The smallest absolute Gasteiger partial charge is 0.335 e. The van der Waals surface area contributed by atoms with Gasteiger partial charge in [0.15, 0.2) is 0 Å². The fourth-order valence-corrected chi connectivity index (χ4v) is 2.03. The van der Waals surface area contributed by atoms with E-state index in [9.17, 15) is 9.59 Å². The van der Waals surface area contributed by atoms with Gasteiger partial charge in [-0.05, 0) is 36.8 Å². The molecule has 0 aromatic heterocycles. The standard InChI is InChI=1S/C15H13ClN2O3/c1-8-3-2-4-10(13(8)16)14(19)18-12-6-5-9(15(20)21)7-11(12)17/h2-7H,17H2,1H3,(H,18,19)(H,20,21). The van der Waals surface area contributed by atoms with E-state index < -0.39 is 11.9 Å². The summed E-state index contributed by atoms with van der Waals surface area (Å²) in [4.78, 5) is 23.0.